The van der Waals surface area contributed by atoms with Crippen LogP contribution in [0, 0.1) is 5.82 Å². The Morgan fingerprint density at radius 1 is 1.15 bits per heavy atom. The average molecular weight is 557 g/mol. The van der Waals surface area contributed by atoms with Crippen molar-refractivity contribution in [1.82, 2.24) is 44.7 Å². The zero-order valence-corrected chi connectivity index (χ0v) is 21.9. The normalized spacial score (nSPS) is 14.6. The second-order valence-electron chi connectivity index (χ2n) is 9.47. The monoisotopic (exact) mass is 556 g/mol. The van der Waals surface area contributed by atoms with E-state index < -0.39 is 11.7 Å². The maximum atomic E-state index is 13.7. The van der Waals surface area contributed by atoms with Gasteiger partial charge in [0.1, 0.15) is 42.1 Å². The van der Waals surface area contributed by atoms with E-state index in [-0.39, 0.29) is 29.9 Å². The number of aromatic nitrogens is 7. The predicted octanol–water partition coefficient (Wildman–Crippen LogP) is 2.49. The number of hydrogen-bond donors (Lipinski definition) is 2. The molecule has 0 spiro atoms. The van der Waals surface area contributed by atoms with Crippen LogP contribution in [0.4, 0.5) is 15.0 Å². The number of halogens is 1. The van der Waals surface area contributed by atoms with E-state index in [1.54, 1.807) is 9.58 Å². The van der Waals surface area contributed by atoms with E-state index >= 15 is 0 Å². The first-order chi connectivity index (χ1) is 19.9. The van der Waals surface area contributed by atoms with Crippen LogP contribution in [-0.2, 0) is 13.1 Å². The van der Waals surface area contributed by atoms with Gasteiger partial charge in [0, 0.05) is 18.7 Å². The maximum absolute atomic E-state index is 13.7. The number of carbonyl (C=O) groups excluding carboxylic acids is 2. The highest BCUT2D eigenvalue weighted by Crippen LogP contribution is 2.31. The molecule has 2 amide bonds. The van der Waals surface area contributed by atoms with Gasteiger partial charge in [0.2, 0.25) is 0 Å². The molecule has 0 radical (unpaired) electrons. The number of benzene rings is 2. The number of methoxy groups -OCH3 is 1. The molecule has 1 fully saturated rings. The summed E-state index contributed by atoms with van der Waals surface area (Å²) in [7, 11) is 1.42. The molecule has 5 aromatic rings. The molecule has 208 valence electrons. The van der Waals surface area contributed by atoms with Crippen LogP contribution in [0.5, 0.6) is 5.75 Å². The zero-order valence-electron chi connectivity index (χ0n) is 21.9. The van der Waals surface area contributed by atoms with Crippen molar-refractivity contribution in [2.24, 2.45) is 0 Å². The van der Waals surface area contributed by atoms with Crippen LogP contribution in [0.3, 0.4) is 0 Å². The van der Waals surface area contributed by atoms with Crippen LogP contribution >= 0.6 is 0 Å². The molecule has 1 aliphatic rings. The molecule has 0 aliphatic carbocycles. The Bertz CT molecular complexity index is 1740. The van der Waals surface area contributed by atoms with E-state index in [9.17, 15) is 14.0 Å². The third kappa shape index (κ3) is 4.90. The van der Waals surface area contributed by atoms with Gasteiger partial charge < -0.3 is 20.7 Å². The maximum Gasteiger partial charge on any atom is 0.346 e. The topological polar surface area (TPSA) is 159 Å². The summed E-state index contributed by atoms with van der Waals surface area (Å²) >= 11 is 0. The van der Waals surface area contributed by atoms with Crippen LogP contribution in [0.15, 0.2) is 61.4 Å². The summed E-state index contributed by atoms with van der Waals surface area (Å²) in [5, 5.41) is 12.1. The summed E-state index contributed by atoms with van der Waals surface area (Å²) in [5.74, 6) is -0.399. The minimum Gasteiger partial charge on any atom is -0.496 e. The van der Waals surface area contributed by atoms with Crippen LogP contribution in [0.2, 0.25) is 0 Å². The second-order valence-corrected chi connectivity index (χ2v) is 9.47. The van der Waals surface area contributed by atoms with Crippen LogP contribution in [0.25, 0.3) is 22.3 Å². The molecule has 0 unspecified atom stereocenters. The second kappa shape index (κ2) is 10.6. The number of likely N-dealkylation sites (tertiary alicyclic amines) is 1. The van der Waals surface area contributed by atoms with Gasteiger partial charge >= 0.3 is 6.03 Å². The molecule has 0 saturated carbocycles. The van der Waals surface area contributed by atoms with Gasteiger partial charge in [-0.15, -0.1) is 0 Å². The molecule has 3 aromatic heterocycles. The van der Waals surface area contributed by atoms with Gasteiger partial charge in [0.05, 0.1) is 30.6 Å². The van der Waals surface area contributed by atoms with Crippen molar-refractivity contribution >= 4 is 28.8 Å². The quantitative estimate of drug-likeness (QED) is 0.307. The Morgan fingerprint density at radius 3 is 2.68 bits per heavy atom. The summed E-state index contributed by atoms with van der Waals surface area (Å²) < 4.78 is 21.8. The van der Waals surface area contributed by atoms with Gasteiger partial charge in [-0.3, -0.25) is 4.79 Å². The molecule has 41 heavy (non-hydrogen) atoms. The number of carbonyl (C=O) groups is 2. The Labute approximate surface area is 232 Å². The molecule has 1 atom stereocenters. The molecular weight excluding hydrogens is 531 g/mol. The minimum atomic E-state index is -0.526. The molecular formula is C27H25FN10O3. The molecule has 14 heteroatoms. The lowest BCUT2D eigenvalue weighted by Gasteiger charge is -2.40. The van der Waals surface area contributed by atoms with Gasteiger partial charge in [0.15, 0.2) is 5.65 Å². The third-order valence-electron chi connectivity index (χ3n) is 7.03. The Morgan fingerprint density at radius 2 is 1.98 bits per heavy atom. The van der Waals surface area contributed by atoms with E-state index in [1.807, 2.05) is 24.3 Å². The summed E-state index contributed by atoms with van der Waals surface area (Å²) in [6.45, 7) is 1.24. The molecule has 13 nitrogen and oxygen atoms in total. The van der Waals surface area contributed by atoms with Crippen molar-refractivity contribution < 1.29 is 18.7 Å². The Kier molecular flexibility index (Phi) is 6.71. The number of amides is 2. The lowest BCUT2D eigenvalue weighted by molar-refractivity contribution is 0.0947. The fourth-order valence-corrected chi connectivity index (χ4v) is 4.80. The smallest absolute Gasteiger partial charge is 0.346 e. The molecule has 2 aromatic carbocycles. The van der Waals surface area contributed by atoms with Crippen molar-refractivity contribution in [3.8, 4) is 17.0 Å². The first kappa shape index (κ1) is 25.9. The number of hydrogen-bond acceptors (Lipinski definition) is 9. The number of anilines is 1. The first-order valence-electron chi connectivity index (χ1n) is 12.8. The van der Waals surface area contributed by atoms with E-state index in [1.165, 1.54) is 42.9 Å². The summed E-state index contributed by atoms with van der Waals surface area (Å²) in [6, 6.07) is 10.9. The lowest BCUT2D eigenvalue weighted by Crippen LogP contribution is -2.54. The lowest BCUT2D eigenvalue weighted by atomic mass is 10.0. The van der Waals surface area contributed by atoms with Gasteiger partial charge in [-0.1, -0.05) is 24.3 Å². The SMILES string of the molecule is COc1ccc(F)cc1C(=O)NCc1ccc(-c2nn(C[C@H]3CCN3C(=O)n3cncn3)c3ncnc(N)c23)cc1. The van der Waals surface area contributed by atoms with Crippen molar-refractivity contribution in [2.75, 3.05) is 19.4 Å². The average Bonchev–Trinajstić information content (AvgIpc) is 3.64. The standard InChI is InChI=1S/C27H25FN10O3/c1-41-21-7-6-18(28)10-20(21)26(39)31-11-16-2-4-17(5-3-16)23-22-24(29)32-14-33-25(22)37(35-23)12-19-8-9-36(19)27(40)38-15-30-13-34-38/h2-7,10,13-15,19H,8-9,11-12H2,1H3,(H,31,39)(H2,29,32,33)/t19-/m1/s1. The van der Waals surface area contributed by atoms with E-state index in [4.69, 9.17) is 15.6 Å². The van der Waals surface area contributed by atoms with Crippen molar-refractivity contribution in [3.05, 3.63) is 78.4 Å². The summed E-state index contributed by atoms with van der Waals surface area (Å²) in [5.41, 5.74) is 9.14. The molecule has 6 rings (SSSR count). The van der Waals surface area contributed by atoms with Gasteiger partial charge in [-0.25, -0.2) is 28.8 Å². The Balaban J connectivity index is 1.20. The largest absolute Gasteiger partial charge is 0.496 e. The van der Waals surface area contributed by atoms with Crippen LogP contribution < -0.4 is 15.8 Å². The van der Waals surface area contributed by atoms with E-state index in [0.29, 0.717) is 35.6 Å². The molecule has 1 aliphatic heterocycles. The molecule has 3 N–H and O–H groups in total. The van der Waals surface area contributed by atoms with Crippen molar-refractivity contribution in [3.63, 3.8) is 0 Å². The number of ether oxygens (including phenoxy) is 1. The molecule has 1 saturated heterocycles. The van der Waals surface area contributed by atoms with Gasteiger partial charge in [-0.2, -0.15) is 14.9 Å². The molecule has 0 bridgehead atoms. The number of nitrogens with zero attached hydrogens (tertiary/aromatic N) is 8. The van der Waals surface area contributed by atoms with E-state index in [0.717, 1.165) is 23.6 Å². The summed E-state index contributed by atoms with van der Waals surface area (Å²) in [4.78, 5) is 39.5. The van der Waals surface area contributed by atoms with Crippen LogP contribution in [-0.4, -0.2) is 71.0 Å². The predicted molar refractivity (Wildman–Crippen MR) is 145 cm³/mol. The van der Waals surface area contributed by atoms with E-state index in [2.05, 4.69) is 25.4 Å². The minimum absolute atomic E-state index is 0.0958. The molecule has 4 heterocycles. The van der Waals surface area contributed by atoms with Gasteiger partial charge in [0.25, 0.3) is 5.91 Å². The van der Waals surface area contributed by atoms with Gasteiger partial charge in [-0.05, 0) is 30.2 Å². The fraction of sp³-hybridized carbons (Fsp3) is 0.222. The first-order valence-corrected chi connectivity index (χ1v) is 12.8. The summed E-state index contributed by atoms with van der Waals surface area (Å²) in [6.07, 6.45) is 4.89. The van der Waals surface area contributed by atoms with Crippen LogP contribution in [0.1, 0.15) is 22.3 Å². The fourth-order valence-electron chi connectivity index (χ4n) is 4.80. The van der Waals surface area contributed by atoms with Crippen molar-refractivity contribution in [1.29, 1.82) is 0 Å². The van der Waals surface area contributed by atoms with Crippen molar-refractivity contribution in [2.45, 2.75) is 25.6 Å². The number of nitrogens with one attached hydrogen (secondary N) is 1. The number of nitrogens with two attached hydrogens (primary N) is 1. The highest BCUT2D eigenvalue weighted by Gasteiger charge is 2.34. The number of rotatable bonds is 7. The highest BCUT2D eigenvalue weighted by atomic mass is 19.1. The highest BCUT2D eigenvalue weighted by molar-refractivity contribution is 5.98. The zero-order chi connectivity index (χ0) is 28.5. The third-order valence-corrected chi connectivity index (χ3v) is 7.03. The Hall–Kier alpha value is -5.40. The number of nitrogen functional groups attached to an aromatic ring is 1. The number of fused-ring (bicyclic) bond motifs is 1.